The van der Waals surface area contributed by atoms with Crippen LogP contribution < -0.4 is 10.9 Å². The number of hydrogen-bond donors (Lipinski definition) is 2. The molecule has 0 radical (unpaired) electrons. The molecule has 10 heteroatoms. The van der Waals surface area contributed by atoms with Crippen LogP contribution in [0.3, 0.4) is 0 Å². The number of carbonyl (C=O) groups excluding carboxylic acids is 2. The molecule has 0 atom stereocenters. The Bertz CT molecular complexity index is 919. The maximum absolute atomic E-state index is 12.0. The van der Waals surface area contributed by atoms with Crippen molar-refractivity contribution in [1.82, 2.24) is 15.8 Å². The Balaban J connectivity index is 1.60. The summed E-state index contributed by atoms with van der Waals surface area (Å²) in [7, 11) is 0. The molecule has 0 fully saturated rings. The lowest BCUT2D eigenvalue weighted by Gasteiger charge is -2.05. The van der Waals surface area contributed by atoms with Crippen LogP contribution in [0.1, 0.15) is 20.8 Å². The molecule has 25 heavy (non-hydrogen) atoms. The van der Waals surface area contributed by atoms with Gasteiger partial charge in [0.2, 0.25) is 0 Å². The van der Waals surface area contributed by atoms with Crippen molar-refractivity contribution in [2.45, 2.75) is 0 Å². The number of carbonyl (C=O) groups is 2. The molecule has 2 aromatic heterocycles. The van der Waals surface area contributed by atoms with Gasteiger partial charge in [-0.2, -0.15) is 11.3 Å². The molecule has 2 N–H and O–H groups in total. The van der Waals surface area contributed by atoms with Crippen LogP contribution in [0.15, 0.2) is 46.5 Å². The number of non-ortho nitro benzene ring substituents is 1. The van der Waals surface area contributed by atoms with Crippen molar-refractivity contribution in [1.29, 1.82) is 0 Å². The molecule has 8 nitrogen and oxygen atoms in total. The molecule has 0 unspecified atom stereocenters. The number of hydrogen-bond acceptors (Lipinski definition) is 7. The van der Waals surface area contributed by atoms with E-state index in [2.05, 4.69) is 15.8 Å². The largest absolute Gasteiger partial charge is 0.289 e. The molecule has 0 saturated heterocycles. The quantitative estimate of drug-likeness (QED) is 0.538. The summed E-state index contributed by atoms with van der Waals surface area (Å²) in [5, 5.41) is 16.7. The van der Waals surface area contributed by atoms with Crippen molar-refractivity contribution in [2.24, 2.45) is 0 Å². The van der Waals surface area contributed by atoms with Gasteiger partial charge in [-0.25, -0.2) is 4.98 Å². The molecule has 0 aliphatic carbocycles. The van der Waals surface area contributed by atoms with Crippen LogP contribution >= 0.6 is 22.7 Å². The first kappa shape index (κ1) is 16.7. The molecular formula is C15H10N4O4S2. The summed E-state index contributed by atoms with van der Waals surface area (Å²) < 4.78 is 0. The van der Waals surface area contributed by atoms with E-state index in [4.69, 9.17) is 0 Å². The van der Waals surface area contributed by atoms with E-state index in [0.717, 1.165) is 5.56 Å². The van der Waals surface area contributed by atoms with E-state index in [0.29, 0.717) is 5.01 Å². The van der Waals surface area contributed by atoms with Gasteiger partial charge in [-0.1, -0.05) is 0 Å². The standard InChI is InChI=1S/C15H10N4O4S2/c20-13(9-1-3-11(4-2-9)19(22)23)17-18-14(21)12-8-25-15(16-12)10-5-6-24-7-10/h1-8H,(H,17,20)(H,18,21). The van der Waals surface area contributed by atoms with E-state index >= 15 is 0 Å². The number of benzene rings is 1. The van der Waals surface area contributed by atoms with E-state index in [1.54, 1.807) is 5.38 Å². The van der Waals surface area contributed by atoms with Crippen LogP contribution in [0.4, 0.5) is 5.69 Å². The zero-order chi connectivity index (χ0) is 17.8. The van der Waals surface area contributed by atoms with Crippen molar-refractivity contribution in [3.8, 4) is 10.6 Å². The molecule has 0 saturated carbocycles. The zero-order valence-corrected chi connectivity index (χ0v) is 14.1. The summed E-state index contributed by atoms with van der Waals surface area (Å²) >= 11 is 2.86. The Hall–Kier alpha value is -3.11. The minimum atomic E-state index is -0.587. The van der Waals surface area contributed by atoms with Crippen LogP contribution in [0.5, 0.6) is 0 Å². The van der Waals surface area contributed by atoms with Crippen molar-refractivity contribution in [3.63, 3.8) is 0 Å². The Morgan fingerprint density at radius 3 is 2.40 bits per heavy atom. The highest BCUT2D eigenvalue weighted by atomic mass is 32.1. The first-order valence-electron chi connectivity index (χ1n) is 6.88. The van der Waals surface area contributed by atoms with Crippen molar-refractivity contribution in [3.05, 3.63) is 67.8 Å². The highest BCUT2D eigenvalue weighted by molar-refractivity contribution is 7.14. The number of amides is 2. The maximum atomic E-state index is 12.0. The summed E-state index contributed by atoms with van der Waals surface area (Å²) in [4.78, 5) is 38.2. The predicted octanol–water partition coefficient (Wildman–Crippen LogP) is 2.85. The molecule has 3 aromatic rings. The summed E-state index contributed by atoms with van der Waals surface area (Å²) in [5.41, 5.74) is 5.70. The van der Waals surface area contributed by atoms with Gasteiger partial charge in [0.15, 0.2) is 0 Å². The summed E-state index contributed by atoms with van der Waals surface area (Å²) in [6.45, 7) is 0. The fourth-order valence-electron chi connectivity index (χ4n) is 1.88. The molecule has 0 spiro atoms. The molecule has 2 amide bonds. The monoisotopic (exact) mass is 374 g/mol. The number of hydrazine groups is 1. The van der Waals surface area contributed by atoms with Crippen molar-refractivity contribution < 1.29 is 14.5 Å². The van der Waals surface area contributed by atoms with Crippen LogP contribution in [0.2, 0.25) is 0 Å². The lowest BCUT2D eigenvalue weighted by Crippen LogP contribution is -2.41. The average molecular weight is 374 g/mol. The Labute approximate surface area is 149 Å². The highest BCUT2D eigenvalue weighted by Crippen LogP contribution is 2.25. The number of nitrogens with one attached hydrogen (secondary N) is 2. The second-order valence-corrected chi connectivity index (χ2v) is 6.40. The Kier molecular flexibility index (Phi) is 4.82. The van der Waals surface area contributed by atoms with E-state index < -0.39 is 16.7 Å². The van der Waals surface area contributed by atoms with Crippen molar-refractivity contribution >= 4 is 40.2 Å². The maximum Gasteiger partial charge on any atom is 0.289 e. The average Bonchev–Trinajstić information content (AvgIpc) is 3.30. The third-order valence-electron chi connectivity index (χ3n) is 3.13. The van der Waals surface area contributed by atoms with E-state index in [9.17, 15) is 19.7 Å². The van der Waals surface area contributed by atoms with Gasteiger partial charge in [-0.15, -0.1) is 11.3 Å². The van der Waals surface area contributed by atoms with Gasteiger partial charge in [0.25, 0.3) is 17.5 Å². The van der Waals surface area contributed by atoms with E-state index in [-0.39, 0.29) is 16.9 Å². The molecule has 126 valence electrons. The van der Waals surface area contributed by atoms with Gasteiger partial charge in [0.05, 0.1) is 4.92 Å². The molecule has 0 aliphatic rings. The predicted molar refractivity (Wildman–Crippen MR) is 93.5 cm³/mol. The van der Waals surface area contributed by atoms with Gasteiger partial charge in [-0.05, 0) is 23.6 Å². The summed E-state index contributed by atoms with van der Waals surface area (Å²) in [6, 6.07) is 6.93. The Morgan fingerprint density at radius 1 is 1.04 bits per heavy atom. The highest BCUT2D eigenvalue weighted by Gasteiger charge is 2.14. The third-order valence-corrected chi connectivity index (χ3v) is 4.71. The molecule has 1 aromatic carbocycles. The van der Waals surface area contributed by atoms with Crippen molar-refractivity contribution in [2.75, 3.05) is 0 Å². The van der Waals surface area contributed by atoms with Crippen LogP contribution in [-0.2, 0) is 0 Å². The lowest BCUT2D eigenvalue weighted by molar-refractivity contribution is -0.384. The van der Waals surface area contributed by atoms with E-state index in [1.165, 1.54) is 46.9 Å². The first-order valence-corrected chi connectivity index (χ1v) is 8.70. The van der Waals surface area contributed by atoms with Gasteiger partial charge >= 0.3 is 0 Å². The molecule has 2 heterocycles. The number of aromatic nitrogens is 1. The third kappa shape index (κ3) is 3.87. The Morgan fingerprint density at radius 2 is 1.76 bits per heavy atom. The number of thiazole rings is 1. The second kappa shape index (κ2) is 7.20. The first-order chi connectivity index (χ1) is 12.0. The minimum absolute atomic E-state index is 0.121. The van der Waals surface area contributed by atoms with E-state index in [1.807, 2.05) is 16.8 Å². The lowest BCUT2D eigenvalue weighted by atomic mass is 10.2. The topological polar surface area (TPSA) is 114 Å². The van der Waals surface area contributed by atoms with Gasteiger partial charge in [-0.3, -0.25) is 30.6 Å². The zero-order valence-electron chi connectivity index (χ0n) is 12.5. The van der Waals surface area contributed by atoms with Gasteiger partial charge in [0, 0.05) is 34.0 Å². The van der Waals surface area contributed by atoms with Gasteiger partial charge < -0.3 is 0 Å². The molecule has 0 bridgehead atoms. The van der Waals surface area contributed by atoms with Crippen LogP contribution in [-0.4, -0.2) is 21.7 Å². The second-order valence-electron chi connectivity index (χ2n) is 4.76. The number of thiophene rings is 1. The SMILES string of the molecule is O=C(NNC(=O)c1csc(-c2ccsc2)n1)c1ccc([N+](=O)[O-])cc1. The number of nitro groups is 1. The fraction of sp³-hybridized carbons (Fsp3) is 0. The summed E-state index contributed by atoms with van der Waals surface area (Å²) in [6.07, 6.45) is 0. The fourth-order valence-corrected chi connectivity index (χ4v) is 3.39. The smallest absolute Gasteiger partial charge is 0.267 e. The number of nitrogens with zero attached hydrogens (tertiary/aromatic N) is 2. The number of rotatable bonds is 4. The number of nitro benzene ring substituents is 1. The van der Waals surface area contributed by atoms with Gasteiger partial charge in [0.1, 0.15) is 10.7 Å². The van der Waals surface area contributed by atoms with Crippen LogP contribution in [0.25, 0.3) is 10.6 Å². The molecule has 0 aliphatic heterocycles. The molecular weight excluding hydrogens is 364 g/mol. The summed E-state index contributed by atoms with van der Waals surface area (Å²) in [5.74, 6) is -1.13. The van der Waals surface area contributed by atoms with Crippen LogP contribution in [0, 0.1) is 10.1 Å². The minimum Gasteiger partial charge on any atom is -0.267 e. The molecule has 3 rings (SSSR count). The normalized spacial score (nSPS) is 10.2.